The van der Waals surface area contributed by atoms with Gasteiger partial charge in [0.15, 0.2) is 0 Å². The van der Waals surface area contributed by atoms with Crippen LogP contribution in [0.3, 0.4) is 0 Å². The Morgan fingerprint density at radius 3 is 2.10 bits per heavy atom. The summed E-state index contributed by atoms with van der Waals surface area (Å²) in [5, 5.41) is 4.80. The van der Waals surface area contributed by atoms with Gasteiger partial charge in [0.05, 0.1) is 0 Å². The van der Waals surface area contributed by atoms with Crippen molar-refractivity contribution in [2.75, 3.05) is 14.1 Å². The Balaban J connectivity index is 3.84. The van der Waals surface area contributed by atoms with Crippen LogP contribution in [0, 0.1) is 0 Å². The van der Waals surface area contributed by atoms with Gasteiger partial charge in [-0.3, -0.25) is 0 Å². The van der Waals surface area contributed by atoms with Crippen LogP contribution in [0.4, 0.5) is 0 Å². The monoisotopic (exact) mass is 323 g/mol. The van der Waals surface area contributed by atoms with Crippen LogP contribution in [0.15, 0.2) is 12.7 Å². The van der Waals surface area contributed by atoms with Gasteiger partial charge in [0.25, 0.3) is 0 Å². The Morgan fingerprint density at radius 2 is 2.00 bits per heavy atom. The molecule has 0 aliphatic heterocycles. The molecule has 0 amide bonds. The van der Waals surface area contributed by atoms with E-state index >= 15 is 0 Å². The van der Waals surface area contributed by atoms with E-state index in [1.807, 2.05) is 6.08 Å². The predicted octanol–water partition coefficient (Wildman–Crippen LogP) is 2.16. The Bertz CT molecular complexity index is 91.4. The van der Waals surface area contributed by atoms with E-state index in [0.717, 1.165) is 10.9 Å². The molecule has 0 bridgehead atoms. The zero-order valence-electron chi connectivity index (χ0n) is 7.33. The molecule has 0 heterocycles. The van der Waals surface area contributed by atoms with Crippen molar-refractivity contribution >= 4 is 0 Å². The van der Waals surface area contributed by atoms with Crippen LogP contribution in [0.1, 0.15) is 6.42 Å². The van der Waals surface area contributed by atoms with Gasteiger partial charge in [-0.25, -0.2) is 0 Å². The maximum absolute atomic E-state index is 3.76. The molecule has 0 aliphatic carbocycles. The topological polar surface area (TPSA) is 3.24 Å². The van der Waals surface area contributed by atoms with Gasteiger partial charge >= 0.3 is 70.4 Å². The first-order valence-electron chi connectivity index (χ1n) is 3.19. The summed E-state index contributed by atoms with van der Waals surface area (Å²) in [6, 6.07) is 0. The van der Waals surface area contributed by atoms with Gasteiger partial charge in [-0.2, -0.15) is 0 Å². The molecule has 1 atom stereocenters. The number of nitrogens with zero attached hydrogens (tertiary/aromatic N) is 1. The molecule has 0 rings (SSSR count). The fourth-order valence-corrected chi connectivity index (χ4v) is 4.61. The first-order valence-corrected chi connectivity index (χ1v) is 9.05. The summed E-state index contributed by atoms with van der Waals surface area (Å²) in [6.07, 6.45) is 3.19. The number of hydrogen-bond acceptors (Lipinski definition) is 1. The average molecular weight is 323 g/mol. The molecule has 0 aromatic carbocycles. The van der Waals surface area contributed by atoms with Crippen molar-refractivity contribution < 1.29 is 17.3 Å². The fraction of sp³-hybridized carbons (Fsp3) is 0.750. The van der Waals surface area contributed by atoms with Crippen LogP contribution in [0.25, 0.3) is 0 Å². The third-order valence-corrected chi connectivity index (χ3v) is 6.03. The van der Waals surface area contributed by atoms with Crippen LogP contribution in [0.2, 0.25) is 10.6 Å². The quantitative estimate of drug-likeness (QED) is 0.717. The Kier molecular flexibility index (Phi) is 5.29. The van der Waals surface area contributed by atoms with Gasteiger partial charge in [-0.15, -0.1) is 0 Å². The molecule has 0 aromatic rings. The molecule has 1 unspecified atom stereocenters. The van der Waals surface area contributed by atoms with E-state index in [1.165, 1.54) is 0 Å². The molecule has 0 aliphatic rings. The molecule has 0 spiro atoms. The minimum atomic E-state index is -0.669. The second-order valence-electron chi connectivity index (χ2n) is 2.56. The maximum atomic E-state index is 3.76. The van der Waals surface area contributed by atoms with E-state index in [2.05, 4.69) is 36.2 Å². The van der Waals surface area contributed by atoms with Crippen LogP contribution in [-0.2, 0) is 17.3 Å². The van der Waals surface area contributed by atoms with Crippen molar-refractivity contribution in [3.63, 3.8) is 0 Å². The van der Waals surface area contributed by atoms with Crippen molar-refractivity contribution in [2.24, 2.45) is 0 Å². The van der Waals surface area contributed by atoms with Crippen LogP contribution >= 0.6 is 0 Å². The van der Waals surface area contributed by atoms with Crippen molar-refractivity contribution in [3.8, 4) is 0 Å². The summed E-state index contributed by atoms with van der Waals surface area (Å²) < 4.78 is 0.808. The summed E-state index contributed by atoms with van der Waals surface area (Å²) in [4.78, 5) is 2.33. The molecule has 0 aromatic heterocycles. The van der Waals surface area contributed by atoms with Crippen molar-refractivity contribution in [1.82, 2.24) is 4.90 Å². The zero-order valence-corrected chi connectivity index (χ0v) is 9.60. The average Bonchev–Trinajstić information content (AvgIpc) is 1.81. The SMILES string of the molecule is C=CC[CH](N(C)C)[Pt]([CH3])[CH3]. The normalized spacial score (nSPS) is 15.1. The van der Waals surface area contributed by atoms with Crippen molar-refractivity contribution in [1.29, 1.82) is 0 Å². The second-order valence-corrected chi connectivity index (χ2v) is 8.97. The molecule has 0 saturated carbocycles. The Morgan fingerprint density at radius 1 is 1.50 bits per heavy atom. The first kappa shape index (κ1) is 10.4. The van der Waals surface area contributed by atoms with E-state index in [0.29, 0.717) is 0 Å². The Hall–Kier alpha value is 0.388. The molecule has 10 heavy (non-hydrogen) atoms. The molecule has 65 valence electrons. The molecular formula is C8H18NPt. The van der Waals surface area contributed by atoms with Gasteiger partial charge in [-0.1, -0.05) is 0 Å². The summed E-state index contributed by atoms with van der Waals surface area (Å²) in [6.45, 7) is 3.76. The van der Waals surface area contributed by atoms with E-state index in [9.17, 15) is 0 Å². The predicted molar refractivity (Wildman–Crippen MR) is 44.0 cm³/mol. The van der Waals surface area contributed by atoms with Gasteiger partial charge in [0.2, 0.25) is 0 Å². The number of rotatable bonds is 4. The van der Waals surface area contributed by atoms with Crippen LogP contribution in [0.5, 0.6) is 0 Å². The van der Waals surface area contributed by atoms with E-state index in [4.69, 9.17) is 0 Å². The summed E-state index contributed by atoms with van der Waals surface area (Å²) in [5.41, 5.74) is 0. The van der Waals surface area contributed by atoms with Gasteiger partial charge in [-0.05, 0) is 0 Å². The van der Waals surface area contributed by atoms with Crippen molar-refractivity contribution in [3.05, 3.63) is 12.7 Å². The first-order chi connectivity index (χ1) is 4.59. The third kappa shape index (κ3) is 3.53. The van der Waals surface area contributed by atoms with Crippen LogP contribution in [-0.4, -0.2) is 23.4 Å². The summed E-state index contributed by atoms with van der Waals surface area (Å²) >= 11 is -0.669. The molecule has 1 nitrogen and oxygen atoms in total. The molecule has 0 N–H and O–H groups in total. The number of hydrogen-bond donors (Lipinski definition) is 0. The molecule has 0 saturated heterocycles. The fourth-order valence-electron chi connectivity index (χ4n) is 0.814. The van der Waals surface area contributed by atoms with E-state index < -0.39 is 17.3 Å². The van der Waals surface area contributed by atoms with Crippen molar-refractivity contribution in [2.45, 2.75) is 21.5 Å². The molecular weight excluding hydrogens is 305 g/mol. The summed E-state index contributed by atoms with van der Waals surface area (Å²) in [5.74, 6) is 0. The van der Waals surface area contributed by atoms with Crippen LogP contribution < -0.4 is 0 Å². The summed E-state index contributed by atoms with van der Waals surface area (Å²) in [7, 11) is 4.32. The van der Waals surface area contributed by atoms with E-state index in [1.54, 1.807) is 0 Å². The van der Waals surface area contributed by atoms with Gasteiger partial charge in [0, 0.05) is 0 Å². The van der Waals surface area contributed by atoms with Gasteiger partial charge < -0.3 is 0 Å². The van der Waals surface area contributed by atoms with Gasteiger partial charge in [0.1, 0.15) is 0 Å². The Labute approximate surface area is 70.7 Å². The zero-order chi connectivity index (χ0) is 8.15. The minimum absolute atomic E-state index is 0.669. The standard InChI is InChI=1S/C6H12N.2CH3.Pt/c1-4-5-6-7(2)3;;;/h4,6H,1,5H2,2-3H3;2*1H3;. The van der Waals surface area contributed by atoms with E-state index in [-0.39, 0.29) is 0 Å². The second kappa shape index (κ2) is 5.09. The molecule has 0 fully saturated rings. The molecule has 2 heteroatoms. The third-order valence-electron chi connectivity index (χ3n) is 1.30. The molecule has 0 radical (unpaired) electrons.